The zero-order valence-electron chi connectivity index (χ0n) is 13.1. The van der Waals surface area contributed by atoms with Gasteiger partial charge in [-0.3, -0.25) is 9.59 Å². The largest absolute Gasteiger partial charge is 0.465 e. The molecule has 116 valence electrons. The minimum atomic E-state index is -0.195. The smallest absolute Gasteiger partial charge is 0.316 e. The lowest BCUT2D eigenvalue weighted by atomic mass is 9.93. The molecule has 0 heterocycles. The van der Waals surface area contributed by atoms with Crippen LogP contribution in [0.3, 0.4) is 0 Å². The van der Waals surface area contributed by atoms with E-state index in [0.717, 1.165) is 29.7 Å². The lowest BCUT2D eigenvalue weighted by Crippen LogP contribution is -2.12. The van der Waals surface area contributed by atoms with E-state index in [4.69, 9.17) is 4.74 Å². The number of carbonyl (C=O) groups excluding carboxylic acids is 2. The number of rotatable bonds is 9. The van der Waals surface area contributed by atoms with Crippen LogP contribution in [-0.2, 0) is 9.53 Å². The third-order valence-electron chi connectivity index (χ3n) is 3.32. The second-order valence-electron chi connectivity index (χ2n) is 4.91. The monoisotopic (exact) mass is 308 g/mol. The summed E-state index contributed by atoms with van der Waals surface area (Å²) in [4.78, 5) is 24.6. The number of Topliss-reactive ketones (excluding diaryl/α,β-unsaturated/α-hetero) is 1. The zero-order chi connectivity index (χ0) is 15.7. The molecule has 0 aromatic heterocycles. The predicted octanol–water partition coefficient (Wildman–Crippen LogP) is 4.35. The minimum absolute atomic E-state index is 0.104. The Morgan fingerprint density at radius 1 is 1.10 bits per heavy atom. The van der Waals surface area contributed by atoms with Gasteiger partial charge in [-0.15, -0.1) is 11.8 Å². The molecule has 1 aromatic rings. The van der Waals surface area contributed by atoms with E-state index in [-0.39, 0.29) is 17.7 Å². The van der Waals surface area contributed by atoms with Gasteiger partial charge in [-0.1, -0.05) is 32.9 Å². The van der Waals surface area contributed by atoms with Crippen LogP contribution in [0.2, 0.25) is 0 Å². The number of carbonyl (C=O) groups is 2. The van der Waals surface area contributed by atoms with Crippen LogP contribution >= 0.6 is 11.8 Å². The van der Waals surface area contributed by atoms with Gasteiger partial charge in [0.25, 0.3) is 0 Å². The molecular formula is C17H24O3S. The van der Waals surface area contributed by atoms with Gasteiger partial charge in [0.1, 0.15) is 0 Å². The van der Waals surface area contributed by atoms with Gasteiger partial charge >= 0.3 is 5.97 Å². The van der Waals surface area contributed by atoms with Crippen molar-refractivity contribution in [2.45, 2.75) is 44.9 Å². The molecular weight excluding hydrogens is 284 g/mol. The fourth-order valence-electron chi connectivity index (χ4n) is 2.01. The van der Waals surface area contributed by atoms with Crippen LogP contribution < -0.4 is 0 Å². The van der Waals surface area contributed by atoms with Crippen LogP contribution in [0.1, 0.15) is 50.4 Å². The highest BCUT2D eigenvalue weighted by atomic mass is 32.2. The highest BCUT2D eigenvalue weighted by Crippen LogP contribution is 2.21. The maximum Gasteiger partial charge on any atom is 0.316 e. The Bertz CT molecular complexity index is 450. The first-order valence-corrected chi connectivity index (χ1v) is 8.53. The van der Waals surface area contributed by atoms with Gasteiger partial charge in [-0.25, -0.2) is 0 Å². The Morgan fingerprint density at radius 3 is 2.24 bits per heavy atom. The van der Waals surface area contributed by atoms with Crippen LogP contribution in [-0.4, -0.2) is 24.1 Å². The van der Waals surface area contributed by atoms with E-state index < -0.39 is 0 Å². The minimum Gasteiger partial charge on any atom is -0.465 e. The van der Waals surface area contributed by atoms with E-state index in [1.54, 1.807) is 0 Å². The molecule has 0 saturated heterocycles. The summed E-state index contributed by atoms with van der Waals surface area (Å²) < 4.78 is 5.02. The highest BCUT2D eigenvalue weighted by Gasteiger charge is 2.16. The first-order valence-electron chi connectivity index (χ1n) is 7.55. The van der Waals surface area contributed by atoms with E-state index in [1.165, 1.54) is 11.8 Å². The molecule has 0 radical (unpaired) electrons. The van der Waals surface area contributed by atoms with Gasteiger partial charge in [0.15, 0.2) is 5.78 Å². The second kappa shape index (κ2) is 9.61. The average Bonchev–Trinajstić information content (AvgIpc) is 2.52. The molecule has 0 aliphatic heterocycles. The first-order chi connectivity index (χ1) is 10.1. The summed E-state index contributed by atoms with van der Waals surface area (Å²) in [5.41, 5.74) is 0.751. The summed E-state index contributed by atoms with van der Waals surface area (Å²) in [6.45, 7) is 6.52. The van der Waals surface area contributed by atoms with Crippen LogP contribution in [0.4, 0.5) is 0 Å². The van der Waals surface area contributed by atoms with Crippen LogP contribution in [0.5, 0.6) is 0 Å². The van der Waals surface area contributed by atoms with E-state index in [9.17, 15) is 9.59 Å². The summed E-state index contributed by atoms with van der Waals surface area (Å²) in [7, 11) is 0. The fourth-order valence-corrected chi connectivity index (χ4v) is 2.71. The number of hydrogen-bond acceptors (Lipinski definition) is 4. The van der Waals surface area contributed by atoms with E-state index >= 15 is 0 Å². The van der Waals surface area contributed by atoms with Crippen LogP contribution in [0.25, 0.3) is 0 Å². The molecule has 0 fully saturated rings. The number of esters is 1. The summed E-state index contributed by atoms with van der Waals surface area (Å²) >= 11 is 1.43. The maximum atomic E-state index is 12.2. The Morgan fingerprint density at radius 2 is 1.71 bits per heavy atom. The third kappa shape index (κ3) is 5.92. The summed E-state index contributed by atoms with van der Waals surface area (Å²) in [6.07, 6.45) is 2.58. The van der Waals surface area contributed by atoms with Crippen molar-refractivity contribution in [3.63, 3.8) is 0 Å². The van der Waals surface area contributed by atoms with Crippen molar-refractivity contribution in [3.8, 4) is 0 Å². The Hall–Kier alpha value is -1.29. The molecule has 0 N–H and O–H groups in total. The van der Waals surface area contributed by atoms with Crippen molar-refractivity contribution in [2.24, 2.45) is 5.92 Å². The molecule has 0 bridgehead atoms. The second-order valence-corrected chi connectivity index (χ2v) is 5.96. The van der Waals surface area contributed by atoms with Crippen molar-refractivity contribution in [1.82, 2.24) is 0 Å². The van der Waals surface area contributed by atoms with E-state index in [2.05, 4.69) is 0 Å². The van der Waals surface area contributed by atoms with Gasteiger partial charge in [0.05, 0.1) is 12.4 Å². The third-order valence-corrected chi connectivity index (χ3v) is 4.30. The van der Waals surface area contributed by atoms with Crippen molar-refractivity contribution >= 4 is 23.5 Å². The SMILES string of the molecule is CCCOC(=O)CSc1ccc(C(=O)C(CC)CC)cc1. The predicted molar refractivity (Wildman–Crippen MR) is 86.8 cm³/mol. The molecule has 0 spiro atoms. The molecule has 0 amide bonds. The Balaban J connectivity index is 2.54. The highest BCUT2D eigenvalue weighted by molar-refractivity contribution is 8.00. The molecule has 0 aliphatic carbocycles. The molecule has 21 heavy (non-hydrogen) atoms. The molecule has 3 nitrogen and oxygen atoms in total. The maximum absolute atomic E-state index is 12.2. The molecule has 1 rings (SSSR count). The molecule has 4 heteroatoms. The average molecular weight is 308 g/mol. The van der Waals surface area contributed by atoms with Crippen molar-refractivity contribution < 1.29 is 14.3 Å². The zero-order valence-corrected chi connectivity index (χ0v) is 13.9. The number of thioether (sulfide) groups is 1. The summed E-state index contributed by atoms with van der Waals surface area (Å²) in [5, 5.41) is 0. The van der Waals surface area contributed by atoms with Gasteiger partial charge in [0, 0.05) is 16.4 Å². The van der Waals surface area contributed by atoms with E-state index in [1.807, 2.05) is 45.0 Å². The molecule has 0 atom stereocenters. The summed E-state index contributed by atoms with van der Waals surface area (Å²) in [5.74, 6) is 0.422. The standard InChI is InChI=1S/C17H24O3S/c1-4-11-20-16(18)12-21-15-9-7-14(8-10-15)17(19)13(5-2)6-3/h7-10,13H,4-6,11-12H2,1-3H3. The summed E-state index contributed by atoms with van der Waals surface area (Å²) in [6, 6.07) is 7.49. The molecule has 0 saturated carbocycles. The lowest BCUT2D eigenvalue weighted by Gasteiger charge is -2.11. The first kappa shape index (κ1) is 17.8. The topological polar surface area (TPSA) is 43.4 Å². The van der Waals surface area contributed by atoms with E-state index in [0.29, 0.717) is 12.4 Å². The van der Waals surface area contributed by atoms with Gasteiger partial charge in [0.2, 0.25) is 0 Å². The van der Waals surface area contributed by atoms with Gasteiger partial charge in [-0.05, 0) is 31.4 Å². The van der Waals surface area contributed by atoms with Crippen molar-refractivity contribution in [3.05, 3.63) is 29.8 Å². The van der Waals surface area contributed by atoms with Crippen molar-refractivity contribution in [1.29, 1.82) is 0 Å². The van der Waals surface area contributed by atoms with Crippen molar-refractivity contribution in [2.75, 3.05) is 12.4 Å². The quantitative estimate of drug-likeness (QED) is 0.386. The fraction of sp³-hybridized carbons (Fsp3) is 0.529. The number of ketones is 1. The Labute approximate surface area is 131 Å². The molecule has 1 aromatic carbocycles. The number of benzene rings is 1. The number of hydrogen-bond donors (Lipinski definition) is 0. The van der Waals surface area contributed by atoms with Crippen LogP contribution in [0.15, 0.2) is 29.2 Å². The molecule has 0 unspecified atom stereocenters. The number of ether oxygens (including phenoxy) is 1. The lowest BCUT2D eigenvalue weighted by molar-refractivity contribution is -0.140. The molecule has 0 aliphatic rings. The normalized spacial score (nSPS) is 10.7. The van der Waals surface area contributed by atoms with Gasteiger partial charge < -0.3 is 4.74 Å². The van der Waals surface area contributed by atoms with Crippen LogP contribution in [0, 0.1) is 5.92 Å². The van der Waals surface area contributed by atoms with Gasteiger partial charge in [-0.2, -0.15) is 0 Å². The Kier molecular flexibility index (Phi) is 8.13.